The summed E-state index contributed by atoms with van der Waals surface area (Å²) in [6.45, 7) is 3.95. The molecular weight excluding hydrogens is 272 g/mol. The SMILES string of the molecule is COC(=O)c1ccc(Cl)c(NC(=S)NC(C)C)c1. The van der Waals surface area contributed by atoms with Gasteiger partial charge in [0.25, 0.3) is 0 Å². The number of esters is 1. The Bertz CT molecular complexity index is 463. The van der Waals surface area contributed by atoms with Crippen molar-refractivity contribution in [2.45, 2.75) is 19.9 Å². The van der Waals surface area contributed by atoms with Crippen LogP contribution in [0, 0.1) is 0 Å². The molecule has 4 nitrogen and oxygen atoms in total. The third-order valence-electron chi connectivity index (χ3n) is 2.06. The minimum Gasteiger partial charge on any atom is -0.465 e. The number of hydrogen-bond acceptors (Lipinski definition) is 3. The second kappa shape index (κ2) is 6.56. The normalized spacial score (nSPS) is 10.1. The maximum Gasteiger partial charge on any atom is 0.337 e. The number of methoxy groups -OCH3 is 1. The van der Waals surface area contributed by atoms with Gasteiger partial charge < -0.3 is 15.4 Å². The number of anilines is 1. The molecule has 0 radical (unpaired) electrons. The van der Waals surface area contributed by atoms with Gasteiger partial charge in [-0.15, -0.1) is 0 Å². The van der Waals surface area contributed by atoms with E-state index in [9.17, 15) is 4.79 Å². The zero-order valence-electron chi connectivity index (χ0n) is 10.4. The molecule has 0 amide bonds. The van der Waals surface area contributed by atoms with Crippen molar-refractivity contribution in [2.24, 2.45) is 0 Å². The van der Waals surface area contributed by atoms with E-state index in [0.717, 1.165) is 0 Å². The number of rotatable bonds is 3. The number of thiocarbonyl (C=S) groups is 1. The summed E-state index contributed by atoms with van der Waals surface area (Å²) in [6, 6.07) is 5.03. The molecule has 0 atom stereocenters. The van der Waals surface area contributed by atoms with Crippen LogP contribution in [-0.4, -0.2) is 24.2 Å². The summed E-state index contributed by atoms with van der Waals surface area (Å²) < 4.78 is 4.64. The molecule has 0 heterocycles. The van der Waals surface area contributed by atoms with Gasteiger partial charge >= 0.3 is 5.97 Å². The summed E-state index contributed by atoms with van der Waals surface area (Å²) in [5.74, 6) is -0.419. The topological polar surface area (TPSA) is 50.4 Å². The van der Waals surface area contributed by atoms with Gasteiger partial charge in [-0.05, 0) is 44.3 Å². The van der Waals surface area contributed by atoms with Gasteiger partial charge in [-0.3, -0.25) is 0 Å². The molecule has 0 aliphatic heterocycles. The lowest BCUT2D eigenvalue weighted by atomic mass is 10.2. The molecular formula is C12H15ClN2O2S. The Hall–Kier alpha value is -1.33. The van der Waals surface area contributed by atoms with Gasteiger partial charge in [0.1, 0.15) is 0 Å². The molecule has 1 aromatic carbocycles. The third kappa shape index (κ3) is 4.16. The lowest BCUT2D eigenvalue weighted by molar-refractivity contribution is 0.0601. The Morgan fingerprint density at radius 1 is 1.44 bits per heavy atom. The average molecular weight is 287 g/mol. The van der Waals surface area contributed by atoms with Crippen LogP contribution in [0.5, 0.6) is 0 Å². The van der Waals surface area contributed by atoms with Gasteiger partial charge in [0.2, 0.25) is 0 Å². The van der Waals surface area contributed by atoms with Crippen LogP contribution in [0.25, 0.3) is 0 Å². The maximum atomic E-state index is 11.4. The van der Waals surface area contributed by atoms with Crippen molar-refractivity contribution in [3.8, 4) is 0 Å². The number of carbonyl (C=O) groups excluding carboxylic acids is 1. The highest BCUT2D eigenvalue weighted by atomic mass is 35.5. The molecule has 18 heavy (non-hydrogen) atoms. The van der Waals surface area contributed by atoms with Crippen LogP contribution in [0.15, 0.2) is 18.2 Å². The summed E-state index contributed by atoms with van der Waals surface area (Å²) in [6.07, 6.45) is 0. The summed E-state index contributed by atoms with van der Waals surface area (Å²) in [4.78, 5) is 11.4. The van der Waals surface area contributed by atoms with Gasteiger partial charge in [0, 0.05) is 6.04 Å². The van der Waals surface area contributed by atoms with Crippen LogP contribution >= 0.6 is 23.8 Å². The summed E-state index contributed by atoms with van der Waals surface area (Å²) in [7, 11) is 1.33. The van der Waals surface area contributed by atoms with E-state index in [1.807, 2.05) is 13.8 Å². The Morgan fingerprint density at radius 2 is 2.11 bits per heavy atom. The van der Waals surface area contributed by atoms with Crippen LogP contribution < -0.4 is 10.6 Å². The summed E-state index contributed by atoms with van der Waals surface area (Å²) in [5, 5.41) is 6.90. The first-order chi connectivity index (χ1) is 8.43. The van der Waals surface area contributed by atoms with Crippen molar-refractivity contribution in [3.63, 3.8) is 0 Å². The highest BCUT2D eigenvalue weighted by Crippen LogP contribution is 2.23. The number of ether oxygens (including phenoxy) is 1. The van der Waals surface area contributed by atoms with Crippen LogP contribution in [-0.2, 0) is 4.74 Å². The van der Waals surface area contributed by atoms with E-state index in [2.05, 4.69) is 15.4 Å². The zero-order chi connectivity index (χ0) is 13.7. The van der Waals surface area contributed by atoms with E-state index in [0.29, 0.717) is 21.4 Å². The minimum atomic E-state index is -0.419. The van der Waals surface area contributed by atoms with Crippen molar-refractivity contribution in [1.82, 2.24) is 5.32 Å². The molecule has 0 saturated carbocycles. The van der Waals surface area contributed by atoms with Gasteiger partial charge in [-0.1, -0.05) is 11.6 Å². The fraction of sp³-hybridized carbons (Fsp3) is 0.333. The standard InChI is InChI=1S/C12H15ClN2O2S/c1-7(2)14-12(18)15-10-6-8(11(16)17-3)4-5-9(10)13/h4-7H,1-3H3,(H2,14,15,18). The van der Waals surface area contributed by atoms with E-state index in [-0.39, 0.29) is 6.04 Å². The van der Waals surface area contributed by atoms with Gasteiger partial charge in [-0.2, -0.15) is 0 Å². The van der Waals surface area contributed by atoms with Crippen molar-refractivity contribution in [2.75, 3.05) is 12.4 Å². The molecule has 0 saturated heterocycles. The summed E-state index contributed by atoms with van der Waals surface area (Å²) in [5.41, 5.74) is 0.981. The molecule has 0 aliphatic carbocycles. The lowest BCUT2D eigenvalue weighted by Crippen LogP contribution is -2.34. The smallest absolute Gasteiger partial charge is 0.337 e. The number of nitrogens with one attached hydrogen (secondary N) is 2. The minimum absolute atomic E-state index is 0.215. The number of carbonyl (C=O) groups is 1. The van der Waals surface area contributed by atoms with Crippen LogP contribution in [0.1, 0.15) is 24.2 Å². The molecule has 1 aromatic rings. The fourth-order valence-electron chi connectivity index (χ4n) is 1.29. The van der Waals surface area contributed by atoms with Crippen molar-refractivity contribution < 1.29 is 9.53 Å². The molecule has 2 N–H and O–H groups in total. The maximum absolute atomic E-state index is 11.4. The molecule has 0 bridgehead atoms. The third-order valence-corrected chi connectivity index (χ3v) is 2.60. The first-order valence-corrected chi connectivity index (χ1v) is 6.18. The fourth-order valence-corrected chi connectivity index (χ4v) is 1.80. The largest absolute Gasteiger partial charge is 0.465 e. The zero-order valence-corrected chi connectivity index (χ0v) is 12.0. The van der Waals surface area contributed by atoms with Crippen molar-refractivity contribution in [1.29, 1.82) is 0 Å². The molecule has 1 rings (SSSR count). The highest BCUT2D eigenvalue weighted by molar-refractivity contribution is 7.80. The Labute approximate surface area is 117 Å². The Kier molecular flexibility index (Phi) is 5.37. The molecule has 0 spiro atoms. The second-order valence-electron chi connectivity index (χ2n) is 3.94. The molecule has 98 valence electrons. The predicted octanol–water partition coefficient (Wildman–Crippen LogP) is 2.82. The van der Waals surface area contributed by atoms with Gasteiger partial charge in [-0.25, -0.2) is 4.79 Å². The first kappa shape index (κ1) is 14.7. The van der Waals surface area contributed by atoms with E-state index < -0.39 is 5.97 Å². The molecule has 0 aliphatic rings. The number of halogens is 1. The first-order valence-electron chi connectivity index (χ1n) is 5.39. The van der Waals surface area contributed by atoms with Gasteiger partial charge in [0.05, 0.1) is 23.4 Å². The van der Waals surface area contributed by atoms with E-state index >= 15 is 0 Å². The Balaban J connectivity index is 2.87. The van der Waals surface area contributed by atoms with E-state index in [1.54, 1.807) is 18.2 Å². The molecule has 0 unspecified atom stereocenters. The second-order valence-corrected chi connectivity index (χ2v) is 4.75. The van der Waals surface area contributed by atoms with Crippen molar-refractivity contribution >= 4 is 40.6 Å². The van der Waals surface area contributed by atoms with Crippen LogP contribution in [0.3, 0.4) is 0 Å². The number of benzene rings is 1. The highest BCUT2D eigenvalue weighted by Gasteiger charge is 2.10. The molecule has 0 aromatic heterocycles. The van der Waals surface area contributed by atoms with E-state index in [4.69, 9.17) is 23.8 Å². The van der Waals surface area contributed by atoms with Crippen LogP contribution in [0.4, 0.5) is 5.69 Å². The van der Waals surface area contributed by atoms with E-state index in [1.165, 1.54) is 7.11 Å². The predicted molar refractivity (Wildman–Crippen MR) is 77.3 cm³/mol. The van der Waals surface area contributed by atoms with Gasteiger partial charge in [0.15, 0.2) is 5.11 Å². The Morgan fingerprint density at radius 3 is 2.67 bits per heavy atom. The summed E-state index contributed by atoms with van der Waals surface area (Å²) >= 11 is 11.1. The quantitative estimate of drug-likeness (QED) is 0.661. The molecule has 0 fully saturated rings. The average Bonchev–Trinajstić information content (AvgIpc) is 2.30. The molecule has 6 heteroatoms. The van der Waals surface area contributed by atoms with Crippen molar-refractivity contribution in [3.05, 3.63) is 28.8 Å². The lowest BCUT2D eigenvalue weighted by Gasteiger charge is -2.14. The van der Waals surface area contributed by atoms with Crippen LogP contribution in [0.2, 0.25) is 5.02 Å². The monoisotopic (exact) mass is 286 g/mol. The number of hydrogen-bond donors (Lipinski definition) is 2.